The van der Waals surface area contributed by atoms with Crippen LogP contribution >= 0.6 is 23.2 Å². The van der Waals surface area contributed by atoms with Crippen LogP contribution in [-0.2, 0) is 26.0 Å². The molecule has 4 rings (SSSR count). The highest BCUT2D eigenvalue weighted by Crippen LogP contribution is 2.31. The first kappa shape index (κ1) is 24.0. The van der Waals surface area contributed by atoms with E-state index in [0.29, 0.717) is 13.0 Å². The number of carbonyl (C=O) groups is 2. The van der Waals surface area contributed by atoms with Gasteiger partial charge in [-0.25, -0.2) is 17.6 Å². The number of hydrogen-bond acceptors (Lipinski definition) is 5. The molecule has 1 amide bonds. The van der Waals surface area contributed by atoms with Crippen molar-refractivity contribution in [1.82, 2.24) is 0 Å². The van der Waals surface area contributed by atoms with E-state index in [1.165, 1.54) is 23.1 Å². The van der Waals surface area contributed by atoms with Crippen LogP contribution in [0.1, 0.15) is 15.9 Å². The van der Waals surface area contributed by atoms with Gasteiger partial charge in [0.15, 0.2) is 6.61 Å². The third-order valence-corrected chi connectivity index (χ3v) is 7.31. The number of hydrogen-bond donors (Lipinski definition) is 1. The van der Waals surface area contributed by atoms with Crippen molar-refractivity contribution in [3.05, 3.63) is 87.7 Å². The Morgan fingerprint density at radius 1 is 1.03 bits per heavy atom. The van der Waals surface area contributed by atoms with E-state index in [4.69, 9.17) is 27.9 Å². The number of anilines is 2. The van der Waals surface area contributed by atoms with Crippen LogP contribution < -0.4 is 9.62 Å². The van der Waals surface area contributed by atoms with Crippen LogP contribution in [0.2, 0.25) is 10.0 Å². The van der Waals surface area contributed by atoms with Crippen LogP contribution in [0.5, 0.6) is 0 Å². The summed E-state index contributed by atoms with van der Waals surface area (Å²) in [6, 6.07) is 14.6. The molecule has 176 valence electrons. The third-order valence-electron chi connectivity index (χ3n) is 5.16. The molecule has 0 unspecified atom stereocenters. The molecule has 0 spiro atoms. The fourth-order valence-electron chi connectivity index (χ4n) is 3.52. The molecule has 3 aromatic rings. The van der Waals surface area contributed by atoms with Gasteiger partial charge in [0.05, 0.1) is 21.3 Å². The second-order valence-corrected chi connectivity index (χ2v) is 9.81. The number of para-hydroxylation sites is 2. The zero-order valence-electron chi connectivity index (χ0n) is 17.4. The zero-order valence-corrected chi connectivity index (χ0v) is 19.8. The van der Waals surface area contributed by atoms with Crippen molar-refractivity contribution in [3.63, 3.8) is 0 Å². The molecule has 7 nitrogen and oxygen atoms in total. The lowest BCUT2D eigenvalue weighted by Crippen LogP contribution is -2.33. The number of sulfonamides is 1. The molecule has 1 N–H and O–H groups in total. The molecule has 0 fully saturated rings. The number of nitrogens with one attached hydrogen (secondary N) is 1. The van der Waals surface area contributed by atoms with Crippen molar-refractivity contribution in [2.45, 2.75) is 11.3 Å². The van der Waals surface area contributed by atoms with Crippen molar-refractivity contribution in [1.29, 1.82) is 0 Å². The number of benzene rings is 3. The molecule has 0 saturated carbocycles. The standard InChI is InChI=1S/C23H17Cl2FN2O5S/c24-16-12-17(25)21(34(31,32)27-19-7-3-2-6-18(19)26)11-15(16)23(30)33-13-22(29)28-10-9-14-5-1-4-8-20(14)28/h1-8,11-12,27H,9-10,13H2. The summed E-state index contributed by atoms with van der Waals surface area (Å²) in [5, 5.41) is -0.450. The van der Waals surface area contributed by atoms with Gasteiger partial charge in [0, 0.05) is 12.2 Å². The van der Waals surface area contributed by atoms with Gasteiger partial charge in [-0.3, -0.25) is 9.52 Å². The van der Waals surface area contributed by atoms with E-state index in [9.17, 15) is 22.4 Å². The highest BCUT2D eigenvalue weighted by molar-refractivity contribution is 7.92. The predicted molar refractivity (Wildman–Crippen MR) is 126 cm³/mol. The van der Waals surface area contributed by atoms with Gasteiger partial charge in [-0.05, 0) is 42.3 Å². The first-order valence-corrected chi connectivity index (χ1v) is 12.2. The Morgan fingerprint density at radius 2 is 1.74 bits per heavy atom. The Morgan fingerprint density at radius 3 is 2.50 bits per heavy atom. The van der Waals surface area contributed by atoms with Gasteiger partial charge in [-0.2, -0.15) is 0 Å². The molecule has 0 saturated heterocycles. The highest BCUT2D eigenvalue weighted by atomic mass is 35.5. The van der Waals surface area contributed by atoms with Crippen LogP contribution in [0.3, 0.4) is 0 Å². The quantitative estimate of drug-likeness (QED) is 0.474. The maximum Gasteiger partial charge on any atom is 0.340 e. The van der Waals surface area contributed by atoms with E-state index in [1.807, 2.05) is 12.1 Å². The maximum atomic E-state index is 13.9. The van der Waals surface area contributed by atoms with Crippen LogP contribution in [0.15, 0.2) is 65.6 Å². The smallest absolute Gasteiger partial charge is 0.340 e. The fourth-order valence-corrected chi connectivity index (χ4v) is 5.43. The number of carbonyl (C=O) groups excluding carboxylic acids is 2. The minimum absolute atomic E-state index is 0.168. The first-order valence-electron chi connectivity index (χ1n) is 9.99. The SMILES string of the molecule is O=C(OCC(=O)N1CCc2ccccc21)c1cc(S(=O)(=O)Nc2ccccc2F)c(Cl)cc1Cl. The van der Waals surface area contributed by atoms with Gasteiger partial charge in [0.1, 0.15) is 10.7 Å². The number of fused-ring (bicyclic) bond motifs is 1. The lowest BCUT2D eigenvalue weighted by atomic mass is 10.2. The molecule has 1 heterocycles. The summed E-state index contributed by atoms with van der Waals surface area (Å²) in [4.78, 5) is 26.2. The summed E-state index contributed by atoms with van der Waals surface area (Å²) in [7, 11) is -4.38. The molecule has 1 aliphatic rings. The molecule has 34 heavy (non-hydrogen) atoms. The number of halogens is 3. The average molecular weight is 523 g/mol. The van der Waals surface area contributed by atoms with E-state index >= 15 is 0 Å². The Balaban J connectivity index is 1.52. The zero-order chi connectivity index (χ0) is 24.5. The number of amides is 1. The van der Waals surface area contributed by atoms with E-state index in [-0.39, 0.29) is 21.3 Å². The Kier molecular flexibility index (Phi) is 6.79. The molecule has 1 aliphatic heterocycles. The molecular formula is C23H17Cl2FN2O5S. The predicted octanol–water partition coefficient (Wildman–Crippen LogP) is 4.68. The number of esters is 1. The van der Waals surface area contributed by atoms with Gasteiger partial charge in [0.25, 0.3) is 15.9 Å². The second-order valence-electron chi connectivity index (χ2n) is 7.35. The van der Waals surface area contributed by atoms with E-state index in [1.54, 1.807) is 12.1 Å². The van der Waals surface area contributed by atoms with Gasteiger partial charge in [-0.15, -0.1) is 0 Å². The average Bonchev–Trinajstić information content (AvgIpc) is 3.23. The minimum atomic E-state index is -4.38. The Bertz CT molecular complexity index is 1400. The van der Waals surface area contributed by atoms with Gasteiger partial charge in [0.2, 0.25) is 0 Å². The van der Waals surface area contributed by atoms with Crippen molar-refractivity contribution < 1.29 is 27.1 Å². The van der Waals surface area contributed by atoms with Crippen molar-refractivity contribution in [3.8, 4) is 0 Å². The molecule has 3 aromatic carbocycles. The van der Waals surface area contributed by atoms with Crippen molar-refractivity contribution in [2.24, 2.45) is 0 Å². The van der Waals surface area contributed by atoms with Crippen molar-refractivity contribution >= 4 is 56.5 Å². The molecule has 0 bridgehead atoms. The summed E-state index contributed by atoms with van der Waals surface area (Å²) in [6.45, 7) is -0.108. The second kappa shape index (κ2) is 9.61. The normalized spacial score (nSPS) is 12.9. The van der Waals surface area contributed by atoms with Crippen molar-refractivity contribution in [2.75, 3.05) is 22.8 Å². The number of rotatable bonds is 6. The van der Waals surface area contributed by atoms with Crippen LogP contribution in [0.4, 0.5) is 15.8 Å². The largest absolute Gasteiger partial charge is 0.452 e. The topological polar surface area (TPSA) is 92.8 Å². The molecular weight excluding hydrogens is 506 g/mol. The third kappa shape index (κ3) is 4.86. The summed E-state index contributed by atoms with van der Waals surface area (Å²) in [5.41, 5.74) is 1.16. The Labute approximate surface area is 205 Å². The van der Waals surface area contributed by atoms with Crippen LogP contribution in [0.25, 0.3) is 0 Å². The summed E-state index contributed by atoms with van der Waals surface area (Å²) < 4.78 is 46.7. The van der Waals surface area contributed by atoms with Crippen LogP contribution in [0, 0.1) is 5.82 Å². The molecule has 11 heteroatoms. The summed E-state index contributed by atoms with van der Waals surface area (Å²) in [5.74, 6) is -2.24. The van der Waals surface area contributed by atoms with Gasteiger partial charge < -0.3 is 9.64 Å². The molecule has 0 aliphatic carbocycles. The van der Waals surface area contributed by atoms with E-state index in [2.05, 4.69) is 4.72 Å². The maximum absolute atomic E-state index is 13.9. The Hall–Kier alpha value is -3.14. The lowest BCUT2D eigenvalue weighted by molar-refractivity contribution is -0.121. The minimum Gasteiger partial charge on any atom is -0.452 e. The van der Waals surface area contributed by atoms with Crippen LogP contribution in [-0.4, -0.2) is 33.4 Å². The molecule has 0 aromatic heterocycles. The lowest BCUT2D eigenvalue weighted by Gasteiger charge is -2.17. The number of nitrogens with zero attached hydrogens (tertiary/aromatic N) is 1. The summed E-state index contributed by atoms with van der Waals surface area (Å²) >= 11 is 12.1. The monoisotopic (exact) mass is 522 g/mol. The highest BCUT2D eigenvalue weighted by Gasteiger charge is 2.27. The van der Waals surface area contributed by atoms with Gasteiger partial charge in [-0.1, -0.05) is 53.5 Å². The molecule has 0 radical (unpaired) electrons. The molecule has 0 atom stereocenters. The summed E-state index contributed by atoms with van der Waals surface area (Å²) in [6.07, 6.45) is 0.690. The van der Waals surface area contributed by atoms with E-state index < -0.39 is 39.2 Å². The van der Waals surface area contributed by atoms with Gasteiger partial charge >= 0.3 is 5.97 Å². The van der Waals surface area contributed by atoms with E-state index in [0.717, 1.165) is 29.4 Å². The first-order chi connectivity index (χ1) is 16.2. The fraction of sp³-hybridized carbons (Fsp3) is 0.130. The number of ether oxygens (including phenoxy) is 1.